The van der Waals surface area contributed by atoms with E-state index < -0.39 is 35.6 Å². The van der Waals surface area contributed by atoms with Crippen molar-refractivity contribution >= 4 is 24.0 Å². The van der Waals surface area contributed by atoms with Crippen LogP contribution in [0.3, 0.4) is 0 Å². The maximum atomic E-state index is 14.0. The number of hydrogen-bond acceptors (Lipinski definition) is 8. The highest BCUT2D eigenvalue weighted by Crippen LogP contribution is 2.44. The van der Waals surface area contributed by atoms with Gasteiger partial charge < -0.3 is 24.1 Å². The molecule has 0 aliphatic carbocycles. The summed E-state index contributed by atoms with van der Waals surface area (Å²) in [6, 6.07) is 12.2. The second-order valence-corrected chi connectivity index (χ2v) is 9.83. The summed E-state index contributed by atoms with van der Waals surface area (Å²) in [5, 5.41) is 2.87. The lowest BCUT2D eigenvalue weighted by Crippen LogP contribution is -2.33. The Labute approximate surface area is 251 Å². The molecule has 0 amide bonds. The van der Waals surface area contributed by atoms with Crippen LogP contribution in [0.1, 0.15) is 42.0 Å². The number of nitrogens with one attached hydrogen (secondary N) is 1. The molecule has 0 fully saturated rings. The van der Waals surface area contributed by atoms with Gasteiger partial charge in [0.1, 0.15) is 13.2 Å². The van der Waals surface area contributed by atoms with Gasteiger partial charge in [0.2, 0.25) is 0 Å². The van der Waals surface area contributed by atoms with Crippen LogP contribution < -0.4 is 5.32 Å². The van der Waals surface area contributed by atoms with Crippen LogP contribution in [0.15, 0.2) is 95.9 Å². The summed E-state index contributed by atoms with van der Waals surface area (Å²) in [6.45, 7) is 2.98. The van der Waals surface area contributed by atoms with Crippen molar-refractivity contribution in [3.8, 4) is 0 Å². The molecule has 1 unspecified atom stereocenters. The minimum atomic E-state index is -4.76. The van der Waals surface area contributed by atoms with E-state index in [9.17, 15) is 27.6 Å². The van der Waals surface area contributed by atoms with E-state index in [1.807, 2.05) is 35.0 Å². The number of nitrogens with zero attached hydrogens (tertiary/aromatic N) is 2. The Bertz CT molecular complexity index is 1610. The molecular formula is C32H30F3N3O6. The third-order valence-electron chi connectivity index (χ3n) is 6.84. The van der Waals surface area contributed by atoms with Gasteiger partial charge in [-0.3, -0.25) is 0 Å². The van der Waals surface area contributed by atoms with Gasteiger partial charge in [0.05, 0.1) is 36.1 Å². The SMILES string of the molecule is COC(=O)C1=C(C)NC(C)=C(C(=O)OCCOC(=O)C=Cc2ccc(Cn3ccnc3)cc2)C1c1ccccc1C(F)(F)F. The Morgan fingerprint density at radius 2 is 1.61 bits per heavy atom. The van der Waals surface area contributed by atoms with Crippen LogP contribution in [0.4, 0.5) is 13.2 Å². The molecule has 230 valence electrons. The van der Waals surface area contributed by atoms with Gasteiger partial charge in [-0.05, 0) is 42.7 Å². The lowest BCUT2D eigenvalue weighted by atomic mass is 9.78. The molecule has 1 aliphatic rings. The quantitative estimate of drug-likeness (QED) is 0.145. The lowest BCUT2D eigenvalue weighted by Gasteiger charge is -2.31. The Balaban J connectivity index is 1.41. The van der Waals surface area contributed by atoms with E-state index in [2.05, 4.69) is 10.3 Å². The van der Waals surface area contributed by atoms with E-state index in [0.29, 0.717) is 6.54 Å². The molecule has 4 rings (SSSR count). The number of allylic oxidation sites excluding steroid dienone is 2. The number of carbonyl (C=O) groups excluding carboxylic acids is 3. The molecule has 1 aliphatic heterocycles. The summed E-state index contributed by atoms with van der Waals surface area (Å²) in [5.74, 6) is -3.98. The molecule has 2 heterocycles. The molecular weight excluding hydrogens is 579 g/mol. The minimum absolute atomic E-state index is 0.159. The van der Waals surface area contributed by atoms with Crippen LogP contribution in [0, 0.1) is 0 Å². The number of imidazole rings is 1. The summed E-state index contributed by atoms with van der Waals surface area (Å²) >= 11 is 0. The Morgan fingerprint density at radius 3 is 2.25 bits per heavy atom. The Hall–Kier alpha value is -5.13. The zero-order valence-electron chi connectivity index (χ0n) is 24.2. The van der Waals surface area contributed by atoms with Crippen LogP contribution in [0.5, 0.6) is 0 Å². The third-order valence-corrected chi connectivity index (χ3v) is 6.84. The molecule has 44 heavy (non-hydrogen) atoms. The second kappa shape index (κ2) is 13.9. The lowest BCUT2D eigenvalue weighted by molar-refractivity contribution is -0.147. The number of ether oxygens (including phenoxy) is 3. The number of halogens is 3. The number of methoxy groups -OCH3 is 1. The summed E-state index contributed by atoms with van der Waals surface area (Å²) in [5.41, 5.74) is 0.594. The standard InChI is InChI=1S/C32H30F3N3O6/c1-20-27(30(40)42-3)29(24-6-4-5-7-25(24)32(33,34)35)28(21(2)37-20)31(41)44-17-16-43-26(39)13-12-22-8-10-23(11-9-22)18-38-15-14-36-19-38/h4-15,19,29,37H,16-18H2,1-3H3. The van der Waals surface area contributed by atoms with Crippen LogP contribution in [0.25, 0.3) is 6.08 Å². The number of dihydropyridines is 1. The van der Waals surface area contributed by atoms with Gasteiger partial charge in [0, 0.05) is 36.4 Å². The maximum Gasteiger partial charge on any atom is 0.416 e. The fourth-order valence-electron chi connectivity index (χ4n) is 4.85. The number of rotatable bonds is 10. The molecule has 12 heteroatoms. The van der Waals surface area contributed by atoms with Crippen molar-refractivity contribution in [3.63, 3.8) is 0 Å². The molecule has 1 atom stereocenters. The first-order valence-electron chi connectivity index (χ1n) is 13.5. The van der Waals surface area contributed by atoms with Gasteiger partial charge in [-0.25, -0.2) is 19.4 Å². The van der Waals surface area contributed by atoms with Crippen LogP contribution >= 0.6 is 0 Å². The Kier molecular flexibility index (Phi) is 10.0. The predicted molar refractivity (Wildman–Crippen MR) is 153 cm³/mol. The highest BCUT2D eigenvalue weighted by atomic mass is 19.4. The number of aromatic nitrogens is 2. The predicted octanol–water partition coefficient (Wildman–Crippen LogP) is 5.16. The van der Waals surface area contributed by atoms with E-state index >= 15 is 0 Å². The van der Waals surface area contributed by atoms with Crippen molar-refractivity contribution in [2.24, 2.45) is 0 Å². The van der Waals surface area contributed by atoms with E-state index in [1.54, 1.807) is 18.6 Å². The van der Waals surface area contributed by atoms with Crippen molar-refractivity contribution in [2.75, 3.05) is 20.3 Å². The van der Waals surface area contributed by atoms with E-state index in [4.69, 9.17) is 14.2 Å². The molecule has 0 radical (unpaired) electrons. The van der Waals surface area contributed by atoms with Gasteiger partial charge in [-0.2, -0.15) is 13.2 Å². The fraction of sp³-hybridized carbons (Fsp3) is 0.250. The number of hydrogen-bond donors (Lipinski definition) is 1. The van der Waals surface area contributed by atoms with Crippen molar-refractivity contribution in [2.45, 2.75) is 32.5 Å². The highest BCUT2D eigenvalue weighted by Gasteiger charge is 2.43. The monoisotopic (exact) mass is 609 g/mol. The molecule has 0 bridgehead atoms. The van der Waals surface area contributed by atoms with Crippen molar-refractivity contribution in [1.82, 2.24) is 14.9 Å². The molecule has 2 aromatic carbocycles. The van der Waals surface area contributed by atoms with E-state index in [0.717, 1.165) is 24.3 Å². The van der Waals surface area contributed by atoms with Crippen molar-refractivity contribution in [1.29, 1.82) is 0 Å². The average Bonchev–Trinajstić information content (AvgIpc) is 3.51. The zero-order chi connectivity index (χ0) is 31.9. The molecule has 0 saturated carbocycles. The molecule has 1 aromatic heterocycles. The minimum Gasteiger partial charge on any atom is -0.466 e. The second-order valence-electron chi connectivity index (χ2n) is 9.83. The summed E-state index contributed by atoms with van der Waals surface area (Å²) < 4.78 is 59.1. The molecule has 0 saturated heterocycles. The zero-order valence-corrected chi connectivity index (χ0v) is 24.2. The number of alkyl halides is 3. The summed E-state index contributed by atoms with van der Waals surface area (Å²) in [6.07, 6.45) is 3.31. The fourth-order valence-corrected chi connectivity index (χ4v) is 4.85. The van der Waals surface area contributed by atoms with Gasteiger partial charge >= 0.3 is 24.1 Å². The van der Waals surface area contributed by atoms with Gasteiger partial charge in [0.25, 0.3) is 0 Å². The van der Waals surface area contributed by atoms with Crippen LogP contribution in [-0.2, 0) is 41.3 Å². The van der Waals surface area contributed by atoms with Gasteiger partial charge in [-0.15, -0.1) is 0 Å². The Morgan fingerprint density at radius 1 is 0.955 bits per heavy atom. The average molecular weight is 610 g/mol. The third kappa shape index (κ3) is 7.63. The number of benzene rings is 2. The van der Waals surface area contributed by atoms with E-state index in [-0.39, 0.29) is 41.3 Å². The largest absolute Gasteiger partial charge is 0.466 e. The maximum absolute atomic E-state index is 14.0. The summed E-state index contributed by atoms with van der Waals surface area (Å²) in [7, 11) is 1.10. The highest BCUT2D eigenvalue weighted by molar-refractivity contribution is 6.00. The molecule has 0 spiro atoms. The van der Waals surface area contributed by atoms with Crippen LogP contribution in [0.2, 0.25) is 0 Å². The summed E-state index contributed by atoms with van der Waals surface area (Å²) in [4.78, 5) is 42.2. The first-order chi connectivity index (χ1) is 21.0. The van der Waals surface area contributed by atoms with Crippen LogP contribution in [-0.4, -0.2) is 47.8 Å². The van der Waals surface area contributed by atoms with Crippen molar-refractivity contribution < 1.29 is 41.8 Å². The smallest absolute Gasteiger partial charge is 0.416 e. The first-order valence-corrected chi connectivity index (χ1v) is 13.5. The van der Waals surface area contributed by atoms with Gasteiger partial charge in [0.15, 0.2) is 0 Å². The molecule has 1 N–H and O–H groups in total. The molecule has 9 nitrogen and oxygen atoms in total. The normalized spacial score (nSPS) is 15.3. The molecule has 3 aromatic rings. The van der Waals surface area contributed by atoms with Crippen molar-refractivity contribution in [3.05, 3.63) is 118 Å². The first kappa shape index (κ1) is 31.8. The number of carbonyl (C=O) groups is 3. The topological polar surface area (TPSA) is 109 Å². The van der Waals surface area contributed by atoms with E-state index in [1.165, 1.54) is 38.1 Å². The van der Waals surface area contributed by atoms with Gasteiger partial charge in [-0.1, -0.05) is 42.5 Å². The number of esters is 3.